The van der Waals surface area contributed by atoms with E-state index in [2.05, 4.69) is 22.5 Å². The van der Waals surface area contributed by atoms with E-state index < -0.39 is 0 Å². The monoisotopic (exact) mass is 254 g/mol. The first-order valence-electron chi connectivity index (χ1n) is 6.51. The van der Waals surface area contributed by atoms with Crippen LogP contribution in [-0.4, -0.2) is 9.55 Å². The minimum absolute atomic E-state index is 0.220. The van der Waals surface area contributed by atoms with Crippen molar-refractivity contribution in [2.75, 3.05) is 0 Å². The number of para-hydroxylation sites is 2. The lowest BCUT2D eigenvalue weighted by Crippen LogP contribution is -1.99. The first-order chi connectivity index (χ1) is 9.29. The standard InChI is InChI=1S/C16H15FN2/c1-2-11-19-15-6-4-3-5-14(15)18-16(19)12-7-9-13(17)10-8-12/h3-10H,2,11H2,1H3. The Hall–Kier alpha value is -2.16. The van der Waals surface area contributed by atoms with Gasteiger partial charge in [0, 0.05) is 12.1 Å². The fourth-order valence-electron chi connectivity index (χ4n) is 2.34. The first-order valence-corrected chi connectivity index (χ1v) is 6.51. The van der Waals surface area contributed by atoms with Crippen molar-refractivity contribution in [1.29, 1.82) is 0 Å². The highest BCUT2D eigenvalue weighted by Crippen LogP contribution is 2.25. The van der Waals surface area contributed by atoms with Crippen molar-refractivity contribution in [3.8, 4) is 11.4 Å². The molecule has 3 aromatic rings. The molecule has 0 unspecified atom stereocenters. The van der Waals surface area contributed by atoms with Gasteiger partial charge in [-0.1, -0.05) is 19.1 Å². The summed E-state index contributed by atoms with van der Waals surface area (Å²) in [5, 5.41) is 0. The van der Waals surface area contributed by atoms with Gasteiger partial charge < -0.3 is 4.57 Å². The van der Waals surface area contributed by atoms with Gasteiger partial charge in [-0.05, 0) is 42.8 Å². The molecule has 0 bridgehead atoms. The number of imidazole rings is 1. The Balaban J connectivity index is 2.21. The van der Waals surface area contributed by atoms with Crippen LogP contribution in [0.3, 0.4) is 0 Å². The molecule has 0 fully saturated rings. The average Bonchev–Trinajstić information content (AvgIpc) is 2.79. The molecule has 0 amide bonds. The van der Waals surface area contributed by atoms with Crippen LogP contribution in [0.4, 0.5) is 4.39 Å². The van der Waals surface area contributed by atoms with Crippen molar-refractivity contribution in [2.45, 2.75) is 19.9 Å². The average molecular weight is 254 g/mol. The maximum Gasteiger partial charge on any atom is 0.141 e. The summed E-state index contributed by atoms with van der Waals surface area (Å²) in [6.45, 7) is 3.05. The summed E-state index contributed by atoms with van der Waals surface area (Å²) in [6, 6.07) is 14.6. The highest BCUT2D eigenvalue weighted by atomic mass is 19.1. The first kappa shape index (κ1) is 11.9. The molecule has 2 aromatic carbocycles. The second kappa shape index (κ2) is 4.84. The third-order valence-electron chi connectivity index (χ3n) is 3.20. The van der Waals surface area contributed by atoms with Crippen molar-refractivity contribution in [3.63, 3.8) is 0 Å². The van der Waals surface area contributed by atoms with Crippen LogP contribution < -0.4 is 0 Å². The van der Waals surface area contributed by atoms with Crippen LogP contribution in [0, 0.1) is 5.82 Å². The highest BCUT2D eigenvalue weighted by Gasteiger charge is 2.11. The number of hydrogen-bond donors (Lipinski definition) is 0. The zero-order valence-corrected chi connectivity index (χ0v) is 10.8. The molecule has 0 aliphatic carbocycles. The van der Waals surface area contributed by atoms with Gasteiger partial charge in [-0.25, -0.2) is 9.37 Å². The number of aromatic nitrogens is 2. The van der Waals surface area contributed by atoms with Gasteiger partial charge in [0.05, 0.1) is 11.0 Å². The minimum atomic E-state index is -0.220. The zero-order chi connectivity index (χ0) is 13.2. The van der Waals surface area contributed by atoms with E-state index in [9.17, 15) is 4.39 Å². The summed E-state index contributed by atoms with van der Waals surface area (Å²) in [5.41, 5.74) is 3.06. The molecule has 0 N–H and O–H groups in total. The van der Waals surface area contributed by atoms with E-state index in [0.29, 0.717) is 0 Å². The molecule has 3 rings (SSSR count). The Kier molecular flexibility index (Phi) is 3.03. The molecule has 2 nitrogen and oxygen atoms in total. The highest BCUT2D eigenvalue weighted by molar-refractivity contribution is 5.80. The predicted octanol–water partition coefficient (Wildman–Crippen LogP) is 4.25. The molecule has 96 valence electrons. The Morgan fingerprint density at radius 3 is 2.53 bits per heavy atom. The van der Waals surface area contributed by atoms with E-state index in [1.54, 1.807) is 12.1 Å². The van der Waals surface area contributed by atoms with E-state index >= 15 is 0 Å². The maximum atomic E-state index is 13.0. The lowest BCUT2D eigenvalue weighted by molar-refractivity contribution is 0.628. The fraction of sp³-hybridized carbons (Fsp3) is 0.188. The molecule has 1 heterocycles. The Morgan fingerprint density at radius 2 is 1.79 bits per heavy atom. The largest absolute Gasteiger partial charge is 0.324 e. The second-order valence-electron chi connectivity index (χ2n) is 4.58. The quantitative estimate of drug-likeness (QED) is 0.683. The van der Waals surface area contributed by atoms with Crippen molar-refractivity contribution >= 4 is 11.0 Å². The van der Waals surface area contributed by atoms with Crippen LogP contribution in [-0.2, 0) is 6.54 Å². The SMILES string of the molecule is CCCn1c(-c2ccc(F)cc2)nc2ccccc21. The van der Waals surface area contributed by atoms with Crippen molar-refractivity contribution < 1.29 is 4.39 Å². The molecule has 3 heteroatoms. The number of fused-ring (bicyclic) bond motifs is 1. The molecule has 0 radical (unpaired) electrons. The van der Waals surface area contributed by atoms with E-state index in [1.807, 2.05) is 18.2 Å². The van der Waals surface area contributed by atoms with Gasteiger partial charge in [-0.2, -0.15) is 0 Å². The number of hydrogen-bond acceptors (Lipinski definition) is 1. The molecule has 19 heavy (non-hydrogen) atoms. The molecular formula is C16H15FN2. The summed E-state index contributed by atoms with van der Waals surface area (Å²) < 4.78 is 15.2. The van der Waals surface area contributed by atoms with Crippen molar-refractivity contribution in [1.82, 2.24) is 9.55 Å². The van der Waals surface area contributed by atoms with Crippen LogP contribution in [0.1, 0.15) is 13.3 Å². The maximum absolute atomic E-state index is 13.0. The van der Waals surface area contributed by atoms with E-state index in [-0.39, 0.29) is 5.82 Å². The van der Waals surface area contributed by atoms with Crippen LogP contribution >= 0.6 is 0 Å². The third kappa shape index (κ3) is 2.12. The molecule has 0 aliphatic rings. The summed E-state index contributed by atoms with van der Waals surface area (Å²) in [4.78, 5) is 4.67. The number of nitrogens with zero attached hydrogens (tertiary/aromatic N) is 2. The number of aryl methyl sites for hydroxylation is 1. The molecule has 0 spiro atoms. The van der Waals surface area contributed by atoms with Crippen LogP contribution in [0.2, 0.25) is 0 Å². The fourth-order valence-corrected chi connectivity index (χ4v) is 2.34. The van der Waals surface area contributed by atoms with E-state index in [4.69, 9.17) is 0 Å². The van der Waals surface area contributed by atoms with Crippen LogP contribution in [0.5, 0.6) is 0 Å². The third-order valence-corrected chi connectivity index (χ3v) is 3.20. The predicted molar refractivity (Wildman–Crippen MR) is 75.4 cm³/mol. The topological polar surface area (TPSA) is 17.8 Å². The van der Waals surface area contributed by atoms with Crippen molar-refractivity contribution in [2.24, 2.45) is 0 Å². The Morgan fingerprint density at radius 1 is 1.05 bits per heavy atom. The molecule has 0 atom stereocenters. The van der Waals surface area contributed by atoms with Gasteiger partial charge in [0.25, 0.3) is 0 Å². The normalized spacial score (nSPS) is 11.1. The van der Waals surface area contributed by atoms with Crippen LogP contribution in [0.15, 0.2) is 48.5 Å². The van der Waals surface area contributed by atoms with Gasteiger partial charge in [-0.15, -0.1) is 0 Å². The molecular weight excluding hydrogens is 239 g/mol. The Labute approximate surface area is 111 Å². The van der Waals surface area contributed by atoms with Crippen LogP contribution in [0.25, 0.3) is 22.4 Å². The van der Waals surface area contributed by atoms with Crippen molar-refractivity contribution in [3.05, 3.63) is 54.3 Å². The van der Waals surface area contributed by atoms with Gasteiger partial charge >= 0.3 is 0 Å². The van der Waals surface area contributed by atoms with Gasteiger partial charge in [0.1, 0.15) is 11.6 Å². The molecule has 0 saturated heterocycles. The molecule has 0 saturated carbocycles. The molecule has 0 aliphatic heterocycles. The van der Waals surface area contributed by atoms with Gasteiger partial charge in [0.2, 0.25) is 0 Å². The van der Waals surface area contributed by atoms with E-state index in [0.717, 1.165) is 35.4 Å². The zero-order valence-electron chi connectivity index (χ0n) is 10.8. The molecule has 1 aromatic heterocycles. The summed E-state index contributed by atoms with van der Waals surface area (Å²) in [5.74, 6) is 0.685. The summed E-state index contributed by atoms with van der Waals surface area (Å²) in [7, 11) is 0. The number of rotatable bonds is 3. The summed E-state index contributed by atoms with van der Waals surface area (Å²) >= 11 is 0. The minimum Gasteiger partial charge on any atom is -0.324 e. The number of halogens is 1. The number of benzene rings is 2. The van der Waals surface area contributed by atoms with Gasteiger partial charge in [0.15, 0.2) is 0 Å². The lowest BCUT2D eigenvalue weighted by Gasteiger charge is -2.07. The lowest BCUT2D eigenvalue weighted by atomic mass is 10.2. The van der Waals surface area contributed by atoms with E-state index in [1.165, 1.54) is 12.1 Å². The second-order valence-corrected chi connectivity index (χ2v) is 4.58. The summed E-state index contributed by atoms with van der Waals surface area (Å²) in [6.07, 6.45) is 1.04. The smallest absolute Gasteiger partial charge is 0.141 e. The van der Waals surface area contributed by atoms with Gasteiger partial charge in [-0.3, -0.25) is 0 Å². The Bertz CT molecular complexity index is 698.